The number of nitrogens with one attached hydrogen (secondary N) is 1. The first kappa shape index (κ1) is 15.5. The lowest BCUT2D eigenvalue weighted by molar-refractivity contribution is -0.141. The number of carbonyl (C=O) groups excluding carboxylic acids is 2. The number of carboxylic acid groups (broad SMARTS) is 1. The van der Waals surface area contributed by atoms with Gasteiger partial charge in [0.25, 0.3) is 0 Å². The smallest absolute Gasteiger partial charge is 0.325 e. The summed E-state index contributed by atoms with van der Waals surface area (Å²) in [6, 6.07) is 6.30. The van der Waals surface area contributed by atoms with E-state index in [2.05, 4.69) is 21.2 Å². The second kappa shape index (κ2) is 6.26. The standard InChI is InChI=1S/C14H15BrN2O4/c1-8(14(20)21)16-13(19)9-6-12(18)17(7-9)11-5-3-2-4-10(11)15/h2-5,8-9H,6-7H2,1H3,(H,16,19)(H,20,21)/t8-,9?/m0/s1. The Kier molecular flexibility index (Phi) is 4.62. The first-order chi connectivity index (χ1) is 9.90. The number of aliphatic carboxylic acids is 1. The summed E-state index contributed by atoms with van der Waals surface area (Å²) in [5, 5.41) is 11.2. The third-order valence-corrected chi connectivity index (χ3v) is 4.04. The van der Waals surface area contributed by atoms with Crippen LogP contribution in [0.15, 0.2) is 28.7 Å². The molecule has 112 valence electrons. The molecule has 1 aromatic rings. The molecule has 0 saturated carbocycles. The molecular weight excluding hydrogens is 340 g/mol. The van der Waals surface area contributed by atoms with E-state index in [1.165, 1.54) is 6.92 Å². The van der Waals surface area contributed by atoms with Crippen LogP contribution in [0.2, 0.25) is 0 Å². The minimum Gasteiger partial charge on any atom is -0.480 e. The molecule has 1 fully saturated rings. The highest BCUT2D eigenvalue weighted by atomic mass is 79.9. The van der Waals surface area contributed by atoms with Crippen molar-refractivity contribution < 1.29 is 19.5 Å². The second-order valence-electron chi connectivity index (χ2n) is 4.93. The predicted octanol–water partition coefficient (Wildman–Crippen LogP) is 1.39. The van der Waals surface area contributed by atoms with Crippen molar-refractivity contribution in [3.05, 3.63) is 28.7 Å². The van der Waals surface area contributed by atoms with E-state index in [9.17, 15) is 14.4 Å². The molecule has 1 unspecified atom stereocenters. The number of anilines is 1. The fraction of sp³-hybridized carbons (Fsp3) is 0.357. The second-order valence-corrected chi connectivity index (χ2v) is 5.78. The van der Waals surface area contributed by atoms with E-state index in [1.807, 2.05) is 18.2 Å². The maximum Gasteiger partial charge on any atom is 0.325 e. The monoisotopic (exact) mass is 354 g/mol. The molecule has 21 heavy (non-hydrogen) atoms. The van der Waals surface area contributed by atoms with Gasteiger partial charge in [-0.05, 0) is 35.0 Å². The summed E-state index contributed by atoms with van der Waals surface area (Å²) in [7, 11) is 0. The Bertz CT molecular complexity index is 590. The van der Waals surface area contributed by atoms with Crippen molar-refractivity contribution in [1.29, 1.82) is 0 Å². The van der Waals surface area contributed by atoms with Gasteiger partial charge in [0.05, 0.1) is 11.6 Å². The van der Waals surface area contributed by atoms with E-state index in [0.29, 0.717) is 5.69 Å². The fourth-order valence-electron chi connectivity index (χ4n) is 2.18. The van der Waals surface area contributed by atoms with Gasteiger partial charge >= 0.3 is 5.97 Å². The molecule has 2 N–H and O–H groups in total. The Labute approximate surface area is 130 Å². The molecule has 2 rings (SSSR count). The highest BCUT2D eigenvalue weighted by Crippen LogP contribution is 2.31. The maximum atomic E-state index is 12.1. The molecule has 0 aromatic heterocycles. The summed E-state index contributed by atoms with van der Waals surface area (Å²) in [4.78, 5) is 36.4. The first-order valence-corrected chi connectivity index (χ1v) is 7.27. The minimum absolute atomic E-state index is 0.0828. The summed E-state index contributed by atoms with van der Waals surface area (Å²) in [6.07, 6.45) is 0.0828. The molecule has 1 aliphatic rings. The van der Waals surface area contributed by atoms with Crippen LogP contribution in [0, 0.1) is 5.92 Å². The topological polar surface area (TPSA) is 86.7 Å². The van der Waals surface area contributed by atoms with Crippen molar-refractivity contribution in [2.45, 2.75) is 19.4 Å². The van der Waals surface area contributed by atoms with Crippen LogP contribution in [0.4, 0.5) is 5.69 Å². The molecule has 1 heterocycles. The van der Waals surface area contributed by atoms with Gasteiger partial charge in [0.2, 0.25) is 11.8 Å². The van der Waals surface area contributed by atoms with Crippen LogP contribution in [-0.2, 0) is 14.4 Å². The molecule has 2 amide bonds. The largest absolute Gasteiger partial charge is 0.480 e. The lowest BCUT2D eigenvalue weighted by atomic mass is 10.1. The Morgan fingerprint density at radius 2 is 2.10 bits per heavy atom. The number of hydrogen-bond donors (Lipinski definition) is 2. The molecule has 0 aliphatic carbocycles. The zero-order valence-electron chi connectivity index (χ0n) is 11.4. The van der Waals surface area contributed by atoms with Gasteiger partial charge < -0.3 is 15.3 Å². The van der Waals surface area contributed by atoms with Crippen molar-refractivity contribution in [2.75, 3.05) is 11.4 Å². The third kappa shape index (κ3) is 3.41. The Morgan fingerprint density at radius 1 is 1.43 bits per heavy atom. The zero-order chi connectivity index (χ0) is 15.6. The van der Waals surface area contributed by atoms with Gasteiger partial charge in [-0.2, -0.15) is 0 Å². The number of halogens is 1. The molecule has 0 spiro atoms. The molecule has 6 nitrogen and oxygen atoms in total. The molecule has 1 aromatic carbocycles. The van der Waals surface area contributed by atoms with E-state index >= 15 is 0 Å². The SMILES string of the molecule is C[C@H](NC(=O)C1CC(=O)N(c2ccccc2Br)C1)C(=O)O. The predicted molar refractivity (Wildman–Crippen MR) is 79.8 cm³/mol. The number of benzene rings is 1. The molecular formula is C14H15BrN2O4. The van der Waals surface area contributed by atoms with E-state index in [0.717, 1.165) is 4.47 Å². The summed E-state index contributed by atoms with van der Waals surface area (Å²) < 4.78 is 0.776. The summed E-state index contributed by atoms with van der Waals surface area (Å²) in [5.74, 6) is -2.19. The number of rotatable bonds is 4. The average Bonchev–Trinajstić information content (AvgIpc) is 2.81. The van der Waals surface area contributed by atoms with Gasteiger partial charge in [-0.1, -0.05) is 12.1 Å². The minimum atomic E-state index is -1.10. The van der Waals surface area contributed by atoms with Gasteiger partial charge in [0, 0.05) is 17.4 Å². The van der Waals surface area contributed by atoms with Gasteiger partial charge in [-0.15, -0.1) is 0 Å². The quantitative estimate of drug-likeness (QED) is 0.855. The third-order valence-electron chi connectivity index (χ3n) is 3.37. The lowest BCUT2D eigenvalue weighted by Crippen LogP contribution is -2.42. The van der Waals surface area contributed by atoms with E-state index in [-0.39, 0.29) is 18.9 Å². The van der Waals surface area contributed by atoms with Gasteiger partial charge in [-0.3, -0.25) is 14.4 Å². The van der Waals surface area contributed by atoms with Crippen molar-refractivity contribution in [1.82, 2.24) is 5.32 Å². The molecule has 0 radical (unpaired) electrons. The van der Waals surface area contributed by atoms with Gasteiger partial charge in [0.1, 0.15) is 6.04 Å². The Hall–Kier alpha value is -1.89. The highest BCUT2D eigenvalue weighted by Gasteiger charge is 2.36. The van der Waals surface area contributed by atoms with E-state index in [1.54, 1.807) is 11.0 Å². The van der Waals surface area contributed by atoms with E-state index < -0.39 is 23.8 Å². The number of carbonyl (C=O) groups is 3. The molecule has 1 aliphatic heterocycles. The lowest BCUT2D eigenvalue weighted by Gasteiger charge is -2.18. The number of hydrogen-bond acceptors (Lipinski definition) is 3. The summed E-state index contributed by atoms with van der Waals surface area (Å²) in [6.45, 7) is 1.64. The fourth-order valence-corrected chi connectivity index (χ4v) is 2.68. The Balaban J connectivity index is 2.08. The van der Waals surface area contributed by atoms with Gasteiger partial charge in [-0.25, -0.2) is 0 Å². The van der Waals surface area contributed by atoms with Gasteiger partial charge in [0.15, 0.2) is 0 Å². The molecule has 1 saturated heterocycles. The maximum absolute atomic E-state index is 12.1. The van der Waals surface area contributed by atoms with Crippen LogP contribution in [0.5, 0.6) is 0 Å². The molecule has 7 heteroatoms. The van der Waals surface area contributed by atoms with Crippen LogP contribution < -0.4 is 10.2 Å². The summed E-state index contributed by atoms with van der Waals surface area (Å²) in [5.41, 5.74) is 0.712. The van der Waals surface area contributed by atoms with Crippen LogP contribution in [-0.4, -0.2) is 35.5 Å². The molecule has 0 bridgehead atoms. The van der Waals surface area contributed by atoms with Crippen LogP contribution in [0.3, 0.4) is 0 Å². The van der Waals surface area contributed by atoms with Crippen LogP contribution >= 0.6 is 15.9 Å². The van der Waals surface area contributed by atoms with E-state index in [4.69, 9.17) is 5.11 Å². The normalized spacial score (nSPS) is 19.4. The number of carboxylic acids is 1. The van der Waals surface area contributed by atoms with Crippen LogP contribution in [0.25, 0.3) is 0 Å². The Morgan fingerprint density at radius 3 is 2.71 bits per heavy atom. The highest BCUT2D eigenvalue weighted by molar-refractivity contribution is 9.10. The average molecular weight is 355 g/mol. The first-order valence-electron chi connectivity index (χ1n) is 6.48. The number of nitrogens with zero attached hydrogens (tertiary/aromatic N) is 1. The van der Waals surface area contributed by atoms with Crippen LogP contribution in [0.1, 0.15) is 13.3 Å². The number of amides is 2. The van der Waals surface area contributed by atoms with Crippen molar-refractivity contribution in [3.63, 3.8) is 0 Å². The molecule has 2 atom stereocenters. The number of para-hydroxylation sites is 1. The summed E-state index contributed by atoms with van der Waals surface area (Å²) >= 11 is 3.38. The zero-order valence-corrected chi connectivity index (χ0v) is 13.0. The van der Waals surface area contributed by atoms with Crippen molar-refractivity contribution in [2.24, 2.45) is 5.92 Å². The van der Waals surface area contributed by atoms with Crippen molar-refractivity contribution >= 4 is 39.4 Å². The van der Waals surface area contributed by atoms with Crippen molar-refractivity contribution in [3.8, 4) is 0 Å².